The van der Waals surface area contributed by atoms with Crippen LogP contribution in [0.4, 0.5) is 0 Å². The quantitative estimate of drug-likeness (QED) is 0.270. The second kappa shape index (κ2) is 36.0. The molecule has 0 bridgehead atoms. The molecule has 0 spiro atoms. The predicted molar refractivity (Wildman–Crippen MR) is 108 cm³/mol. The van der Waals surface area contributed by atoms with Crippen LogP contribution in [-0.4, -0.2) is 23.4 Å². The van der Waals surface area contributed by atoms with Crippen molar-refractivity contribution in [2.75, 3.05) is 13.2 Å². The fourth-order valence-corrected chi connectivity index (χ4v) is 0.610. The highest BCUT2D eigenvalue weighted by molar-refractivity contribution is 15.0. The Bertz CT molecular complexity index is 175. The number of aliphatic hydroxyl groups is 2. The number of allylic oxidation sites excluding steroid dienone is 4. The fraction of sp³-hybridized carbons (Fsp3) is 0.500. The molecule has 0 saturated heterocycles. The lowest BCUT2D eigenvalue weighted by Gasteiger charge is -1.79. The summed E-state index contributed by atoms with van der Waals surface area (Å²) in [5, 5.41) is 16.4. The lowest BCUT2D eigenvalue weighted by atomic mass is 10.3. The molecule has 0 fully saturated rings. The number of rotatable bonds is 5. The van der Waals surface area contributed by atoms with E-state index in [0.29, 0.717) is 0 Å². The first-order valence-electron chi connectivity index (χ1n) is 5.12. The summed E-state index contributed by atoms with van der Waals surface area (Å²) in [5.41, 5.74) is 0. The van der Waals surface area contributed by atoms with Gasteiger partial charge in [0, 0.05) is 45.3 Å². The molecule has 5 heteroatoms. The third-order valence-corrected chi connectivity index (χ3v) is 1.24. The van der Waals surface area contributed by atoms with Crippen LogP contribution in [0.15, 0.2) is 36.5 Å². The molecule has 0 saturated carbocycles. The molecule has 0 aliphatic carbocycles. The maximum Gasteiger partial charge on any atom is 0.0615 e. The van der Waals surface area contributed by atoms with Gasteiger partial charge in [-0.25, -0.2) is 0 Å². The third-order valence-electron chi connectivity index (χ3n) is 1.24. The van der Waals surface area contributed by atoms with E-state index in [4.69, 9.17) is 10.2 Å². The SMILES string of the molecule is C/C=C/C=C/CO.CC/C=C\CCO.I.II.[HH]. The van der Waals surface area contributed by atoms with E-state index in [1.807, 2.05) is 25.2 Å². The van der Waals surface area contributed by atoms with Crippen molar-refractivity contribution < 1.29 is 11.6 Å². The van der Waals surface area contributed by atoms with Crippen LogP contribution < -0.4 is 0 Å². The van der Waals surface area contributed by atoms with Crippen LogP contribution >= 0.6 is 61.2 Å². The number of hydrogen-bond acceptors (Lipinski definition) is 2. The summed E-state index contributed by atoms with van der Waals surface area (Å²) in [6.07, 6.45) is 13.2. The molecule has 0 aliphatic heterocycles. The average molecular weight is 582 g/mol. The first kappa shape index (κ1) is 26.8. The van der Waals surface area contributed by atoms with Gasteiger partial charge in [-0.2, -0.15) is 0 Å². The summed E-state index contributed by atoms with van der Waals surface area (Å²) in [5.74, 6) is 0. The van der Waals surface area contributed by atoms with Crippen molar-refractivity contribution in [2.45, 2.75) is 26.7 Å². The Hall–Kier alpha value is 1.33. The van der Waals surface area contributed by atoms with Gasteiger partial charge in [-0.1, -0.05) is 43.4 Å². The molecule has 0 aromatic heterocycles. The number of halogens is 3. The van der Waals surface area contributed by atoms with Crippen molar-refractivity contribution >= 4 is 61.2 Å². The maximum atomic E-state index is 8.24. The molecule has 0 rings (SSSR count). The Balaban J connectivity index is -0.0000000500. The summed E-state index contributed by atoms with van der Waals surface area (Å²) in [7, 11) is 0. The highest BCUT2D eigenvalue weighted by atomic mass is 128. The van der Waals surface area contributed by atoms with Gasteiger partial charge in [0.15, 0.2) is 0 Å². The lowest BCUT2D eigenvalue weighted by Crippen LogP contribution is -1.73. The molecule has 0 aromatic rings. The summed E-state index contributed by atoms with van der Waals surface area (Å²) < 4.78 is 0. The number of aliphatic hydroxyl groups excluding tert-OH is 2. The minimum Gasteiger partial charge on any atom is -0.396 e. The molecule has 0 amide bonds. The van der Waals surface area contributed by atoms with Gasteiger partial charge in [0.05, 0.1) is 6.61 Å². The molecule has 0 aromatic carbocycles. The summed E-state index contributed by atoms with van der Waals surface area (Å²) in [6.45, 7) is 4.41. The van der Waals surface area contributed by atoms with Crippen molar-refractivity contribution in [3.8, 4) is 0 Å². The van der Waals surface area contributed by atoms with Crippen molar-refractivity contribution in [2.24, 2.45) is 0 Å². The first-order chi connectivity index (χ1) is 7.83. The van der Waals surface area contributed by atoms with E-state index in [2.05, 4.69) is 50.2 Å². The summed E-state index contributed by atoms with van der Waals surface area (Å²) >= 11 is 4.24. The molecule has 106 valence electrons. The molecule has 17 heavy (non-hydrogen) atoms. The summed E-state index contributed by atoms with van der Waals surface area (Å²) in [6, 6.07) is 0. The van der Waals surface area contributed by atoms with Crippen LogP contribution in [0, 0.1) is 0 Å². The Labute approximate surface area is 147 Å². The van der Waals surface area contributed by atoms with Crippen molar-refractivity contribution in [1.29, 1.82) is 0 Å². The molecule has 0 radical (unpaired) electrons. The highest BCUT2D eigenvalue weighted by Crippen LogP contribution is 1.89. The molecule has 0 aliphatic rings. The molecule has 0 atom stereocenters. The molecular formula is C12H25I3O2. The zero-order valence-electron chi connectivity index (χ0n) is 10.4. The minimum absolute atomic E-state index is 0. The van der Waals surface area contributed by atoms with Gasteiger partial charge in [-0.05, 0) is 19.8 Å². The van der Waals surface area contributed by atoms with Crippen LogP contribution in [0.1, 0.15) is 28.1 Å². The molecule has 2 nitrogen and oxygen atoms in total. The van der Waals surface area contributed by atoms with Crippen molar-refractivity contribution in [3.63, 3.8) is 0 Å². The third kappa shape index (κ3) is 46.8. The largest absolute Gasteiger partial charge is 0.396 e. The average Bonchev–Trinajstić information content (AvgIpc) is 2.34. The van der Waals surface area contributed by atoms with Gasteiger partial charge in [-0.3, -0.25) is 0 Å². The van der Waals surface area contributed by atoms with Gasteiger partial charge in [0.1, 0.15) is 0 Å². The molecule has 2 N–H and O–H groups in total. The monoisotopic (exact) mass is 582 g/mol. The van der Waals surface area contributed by atoms with Crippen LogP contribution in [0.2, 0.25) is 0 Å². The van der Waals surface area contributed by atoms with Crippen LogP contribution in [-0.2, 0) is 0 Å². The number of hydrogen-bond donors (Lipinski definition) is 2. The predicted octanol–water partition coefficient (Wildman–Crippen LogP) is 5.08. The zero-order valence-corrected chi connectivity index (χ0v) is 17.0. The van der Waals surface area contributed by atoms with E-state index in [9.17, 15) is 0 Å². The van der Waals surface area contributed by atoms with Gasteiger partial charge < -0.3 is 10.2 Å². The minimum atomic E-state index is 0. The Morgan fingerprint density at radius 1 is 1.06 bits per heavy atom. The normalized spacial score (nSPS) is 9.53. The molecule has 0 heterocycles. The second-order valence-electron chi connectivity index (χ2n) is 2.53. The Kier molecular flexibility index (Phi) is 56.8. The van der Waals surface area contributed by atoms with E-state index < -0.39 is 0 Å². The Morgan fingerprint density at radius 3 is 2.00 bits per heavy atom. The van der Waals surface area contributed by atoms with E-state index in [1.165, 1.54) is 0 Å². The van der Waals surface area contributed by atoms with Crippen LogP contribution in [0.25, 0.3) is 0 Å². The second-order valence-corrected chi connectivity index (χ2v) is 2.53. The van der Waals surface area contributed by atoms with Crippen molar-refractivity contribution in [3.05, 3.63) is 36.5 Å². The maximum absolute atomic E-state index is 8.24. The smallest absolute Gasteiger partial charge is 0.0615 e. The molecular weight excluding hydrogens is 557 g/mol. The standard InChI is InChI=1S/C6H12O.C6H10O.I2.HI.H2/c2*1-2-3-4-5-6-7;1-2;;/h3-4,7H,2,5-6H2,1H3;2-5,7H,6H2,1H3;;2*1H/b4-3-;3-2+,5-4+;;;. The van der Waals surface area contributed by atoms with E-state index in [1.54, 1.807) is 12.2 Å². The van der Waals surface area contributed by atoms with E-state index in [0.717, 1.165) is 12.8 Å². The van der Waals surface area contributed by atoms with Crippen molar-refractivity contribution in [1.82, 2.24) is 0 Å². The lowest BCUT2D eigenvalue weighted by molar-refractivity contribution is 0.302. The first-order valence-corrected chi connectivity index (χ1v) is 11.4. The highest BCUT2D eigenvalue weighted by Gasteiger charge is 1.69. The topological polar surface area (TPSA) is 40.5 Å². The van der Waals surface area contributed by atoms with Crippen LogP contribution in [0.5, 0.6) is 0 Å². The van der Waals surface area contributed by atoms with Crippen LogP contribution in [0.3, 0.4) is 0 Å². The van der Waals surface area contributed by atoms with Gasteiger partial charge in [0.2, 0.25) is 0 Å². The summed E-state index contributed by atoms with van der Waals surface area (Å²) in [4.78, 5) is 0. The zero-order chi connectivity index (χ0) is 13.1. The molecule has 0 unspecified atom stereocenters. The van der Waals surface area contributed by atoms with Gasteiger partial charge in [-0.15, -0.1) is 24.0 Å². The van der Waals surface area contributed by atoms with Gasteiger partial charge in [0.25, 0.3) is 0 Å². The fourth-order valence-electron chi connectivity index (χ4n) is 0.610. The van der Waals surface area contributed by atoms with E-state index in [-0.39, 0.29) is 38.6 Å². The van der Waals surface area contributed by atoms with E-state index >= 15 is 0 Å². The van der Waals surface area contributed by atoms with Gasteiger partial charge >= 0.3 is 0 Å². The Morgan fingerprint density at radius 2 is 1.65 bits per heavy atom.